The summed E-state index contributed by atoms with van der Waals surface area (Å²) in [6.45, 7) is 4.22. The van der Waals surface area contributed by atoms with Crippen LogP contribution in [0.15, 0.2) is 68.0 Å². The number of aromatic hydroxyl groups is 1. The van der Waals surface area contributed by atoms with E-state index in [1.165, 1.54) is 52.8 Å². The first-order valence-electron chi connectivity index (χ1n) is 9.67. The van der Waals surface area contributed by atoms with E-state index >= 15 is 0 Å². The minimum absolute atomic E-state index is 0.122. The molecule has 0 unspecified atom stereocenters. The maximum atomic E-state index is 12.6. The van der Waals surface area contributed by atoms with Crippen molar-refractivity contribution in [2.24, 2.45) is 4.99 Å². The molecule has 0 saturated heterocycles. The molecule has 168 valence electrons. The lowest BCUT2D eigenvalue weighted by Crippen LogP contribution is -2.31. The van der Waals surface area contributed by atoms with Gasteiger partial charge in [-0.25, -0.2) is 17.8 Å². The number of aromatic nitrogens is 2. The van der Waals surface area contributed by atoms with Gasteiger partial charge in [-0.15, -0.1) is 0 Å². The molecule has 9 nitrogen and oxygen atoms in total. The van der Waals surface area contributed by atoms with Crippen LogP contribution in [0.4, 0.5) is 5.69 Å². The minimum atomic E-state index is -3.60. The molecule has 32 heavy (non-hydrogen) atoms. The van der Waals surface area contributed by atoms with Crippen molar-refractivity contribution < 1.29 is 13.5 Å². The number of aromatic amines is 1. The number of H-pyrrole nitrogens is 1. The van der Waals surface area contributed by atoms with Gasteiger partial charge in [-0.1, -0.05) is 25.4 Å². The molecule has 0 atom stereocenters. The van der Waals surface area contributed by atoms with Gasteiger partial charge >= 0.3 is 5.69 Å². The van der Waals surface area contributed by atoms with Gasteiger partial charge < -0.3 is 5.11 Å². The summed E-state index contributed by atoms with van der Waals surface area (Å²) in [7, 11) is -3.60. The van der Waals surface area contributed by atoms with Crippen molar-refractivity contribution in [2.75, 3.05) is 13.1 Å². The van der Waals surface area contributed by atoms with Crippen LogP contribution in [-0.4, -0.2) is 46.7 Å². The molecule has 0 amide bonds. The third kappa shape index (κ3) is 4.67. The van der Waals surface area contributed by atoms with Crippen LogP contribution < -0.4 is 11.2 Å². The van der Waals surface area contributed by atoms with Crippen molar-refractivity contribution in [1.29, 1.82) is 0 Å². The van der Waals surface area contributed by atoms with Gasteiger partial charge in [0.2, 0.25) is 15.9 Å². The summed E-state index contributed by atoms with van der Waals surface area (Å²) in [6, 6.07) is 11.9. The van der Waals surface area contributed by atoms with Crippen molar-refractivity contribution in [3.8, 4) is 11.6 Å². The zero-order valence-electron chi connectivity index (χ0n) is 17.3. The summed E-state index contributed by atoms with van der Waals surface area (Å²) in [5.74, 6) is -0.592. The second-order valence-electron chi connectivity index (χ2n) is 6.65. The number of halogens is 1. The molecular weight excluding hydrogens is 456 g/mol. The van der Waals surface area contributed by atoms with Crippen LogP contribution in [-0.2, 0) is 10.0 Å². The molecule has 3 rings (SSSR count). The van der Waals surface area contributed by atoms with E-state index in [-0.39, 0.29) is 10.5 Å². The Balaban J connectivity index is 1.96. The molecule has 1 heterocycles. The first-order chi connectivity index (χ1) is 15.2. The van der Waals surface area contributed by atoms with Crippen molar-refractivity contribution in [1.82, 2.24) is 13.9 Å². The number of sulfonamides is 1. The maximum absolute atomic E-state index is 12.6. The Morgan fingerprint density at radius 2 is 1.66 bits per heavy atom. The van der Waals surface area contributed by atoms with Gasteiger partial charge in [0.05, 0.1) is 16.3 Å². The first-order valence-corrected chi connectivity index (χ1v) is 11.5. The molecule has 2 aromatic carbocycles. The number of aliphatic imine (C=N–C) groups is 1. The Morgan fingerprint density at radius 1 is 1.06 bits per heavy atom. The highest BCUT2D eigenvalue weighted by molar-refractivity contribution is 7.89. The predicted octanol–water partition coefficient (Wildman–Crippen LogP) is 2.67. The van der Waals surface area contributed by atoms with Crippen LogP contribution in [0.3, 0.4) is 0 Å². The zero-order chi connectivity index (χ0) is 23.5. The summed E-state index contributed by atoms with van der Waals surface area (Å²) in [6.07, 6.45) is 1.11. The lowest BCUT2D eigenvalue weighted by molar-refractivity contribution is 0.430. The molecule has 0 aliphatic rings. The fourth-order valence-corrected chi connectivity index (χ4v) is 4.62. The summed E-state index contributed by atoms with van der Waals surface area (Å²) in [5.41, 5.74) is -1.22. The largest absolute Gasteiger partial charge is 0.493 e. The highest BCUT2D eigenvalue weighted by Crippen LogP contribution is 2.21. The average Bonchev–Trinajstić information content (AvgIpc) is 2.75. The van der Waals surface area contributed by atoms with Crippen molar-refractivity contribution in [3.63, 3.8) is 0 Å². The Bertz CT molecular complexity index is 1360. The van der Waals surface area contributed by atoms with Gasteiger partial charge in [0, 0.05) is 24.3 Å². The highest BCUT2D eigenvalue weighted by Gasteiger charge is 2.21. The third-order valence-electron chi connectivity index (χ3n) is 4.73. The first kappa shape index (κ1) is 23.5. The smallest absolute Gasteiger partial charge is 0.335 e. The molecule has 2 N–H and O–H groups in total. The maximum Gasteiger partial charge on any atom is 0.335 e. The number of nitrogens with one attached hydrogen (secondary N) is 1. The Morgan fingerprint density at radius 3 is 2.22 bits per heavy atom. The molecule has 3 aromatic rings. The van der Waals surface area contributed by atoms with Gasteiger partial charge in [-0.3, -0.25) is 14.8 Å². The van der Waals surface area contributed by atoms with Crippen LogP contribution in [0.2, 0.25) is 5.02 Å². The predicted molar refractivity (Wildman–Crippen MR) is 123 cm³/mol. The van der Waals surface area contributed by atoms with E-state index in [9.17, 15) is 23.1 Å². The molecule has 0 bridgehead atoms. The average molecular weight is 477 g/mol. The quantitative estimate of drug-likeness (QED) is 0.507. The van der Waals surface area contributed by atoms with Gasteiger partial charge in [-0.2, -0.15) is 4.31 Å². The van der Waals surface area contributed by atoms with Crippen molar-refractivity contribution >= 4 is 33.5 Å². The molecule has 0 aliphatic heterocycles. The van der Waals surface area contributed by atoms with Crippen LogP contribution in [0.1, 0.15) is 19.4 Å². The minimum Gasteiger partial charge on any atom is -0.493 e. The molecule has 0 fully saturated rings. The van der Waals surface area contributed by atoms with Gasteiger partial charge in [0.25, 0.3) is 5.56 Å². The van der Waals surface area contributed by atoms with Crippen molar-refractivity contribution in [3.05, 3.63) is 80.0 Å². The monoisotopic (exact) mass is 476 g/mol. The number of benzene rings is 2. The summed E-state index contributed by atoms with van der Waals surface area (Å²) < 4.78 is 27.4. The van der Waals surface area contributed by atoms with Crippen LogP contribution in [0.5, 0.6) is 5.88 Å². The topological polar surface area (TPSA) is 125 Å². The number of rotatable bonds is 7. The summed E-state index contributed by atoms with van der Waals surface area (Å²) in [5, 5.41) is 11.0. The molecule has 0 radical (unpaired) electrons. The van der Waals surface area contributed by atoms with E-state index in [0.717, 1.165) is 10.8 Å². The fraction of sp³-hybridized carbons (Fsp3) is 0.190. The second kappa shape index (κ2) is 9.51. The standard InChI is InChI=1S/C21H21ClN4O5S/c1-3-25(4-2)32(30,31)17-11-7-15(8-12-17)23-13-18-19(27)24-21(29)26(20(18)28)16-9-5-14(22)6-10-16/h5-13,28H,3-4H2,1-2H3,(H,24,27,29). The van der Waals surface area contributed by atoms with E-state index in [1.807, 2.05) is 0 Å². The van der Waals surface area contributed by atoms with Gasteiger partial charge in [0.1, 0.15) is 5.56 Å². The van der Waals surface area contributed by atoms with Crippen molar-refractivity contribution in [2.45, 2.75) is 18.7 Å². The van der Waals surface area contributed by atoms with E-state index in [0.29, 0.717) is 29.5 Å². The molecular formula is C21H21ClN4O5S. The highest BCUT2D eigenvalue weighted by atomic mass is 35.5. The SMILES string of the molecule is CCN(CC)S(=O)(=O)c1ccc(N=Cc2c(O)n(-c3ccc(Cl)cc3)c(=O)[nH]c2=O)cc1. The Hall–Kier alpha value is -3.21. The molecule has 0 saturated carbocycles. The molecule has 0 spiro atoms. The van der Waals surface area contributed by atoms with Gasteiger partial charge in [-0.05, 0) is 48.5 Å². The number of nitrogens with zero attached hydrogens (tertiary/aromatic N) is 3. The number of hydrogen-bond acceptors (Lipinski definition) is 6. The van der Waals surface area contributed by atoms with E-state index in [2.05, 4.69) is 9.98 Å². The van der Waals surface area contributed by atoms with Crippen LogP contribution >= 0.6 is 11.6 Å². The molecule has 11 heteroatoms. The normalized spacial score (nSPS) is 12.0. The van der Waals surface area contributed by atoms with Crippen LogP contribution in [0.25, 0.3) is 5.69 Å². The summed E-state index contributed by atoms with van der Waals surface area (Å²) >= 11 is 5.86. The van der Waals surface area contributed by atoms with E-state index in [4.69, 9.17) is 11.6 Å². The molecule has 1 aromatic heterocycles. The van der Waals surface area contributed by atoms with Crippen LogP contribution in [0, 0.1) is 0 Å². The van der Waals surface area contributed by atoms with Gasteiger partial charge in [0.15, 0.2) is 0 Å². The second-order valence-corrected chi connectivity index (χ2v) is 9.02. The zero-order valence-corrected chi connectivity index (χ0v) is 18.9. The lowest BCUT2D eigenvalue weighted by atomic mass is 10.3. The lowest BCUT2D eigenvalue weighted by Gasteiger charge is -2.18. The number of hydrogen-bond donors (Lipinski definition) is 2. The Labute approximate surface area is 189 Å². The summed E-state index contributed by atoms with van der Waals surface area (Å²) in [4.78, 5) is 30.8. The molecule has 0 aliphatic carbocycles. The van der Waals surface area contributed by atoms with E-state index in [1.54, 1.807) is 13.8 Å². The fourth-order valence-electron chi connectivity index (χ4n) is 3.04. The third-order valence-corrected chi connectivity index (χ3v) is 7.04. The van der Waals surface area contributed by atoms with E-state index < -0.39 is 27.2 Å². The Kier molecular flexibility index (Phi) is 6.97.